The van der Waals surface area contributed by atoms with E-state index in [4.69, 9.17) is 15.2 Å². The first-order valence-electron chi connectivity index (χ1n) is 9.78. The molecule has 0 atom stereocenters. The molecule has 0 aliphatic rings. The summed E-state index contributed by atoms with van der Waals surface area (Å²) in [5.74, 6) is -1.14. The second kappa shape index (κ2) is 9.03. The Morgan fingerprint density at radius 1 is 1.03 bits per heavy atom. The normalized spacial score (nSPS) is 10.8. The van der Waals surface area contributed by atoms with Crippen LogP contribution in [0.5, 0.6) is 0 Å². The third-order valence-electron chi connectivity index (χ3n) is 4.71. The van der Waals surface area contributed by atoms with Crippen molar-refractivity contribution in [2.75, 3.05) is 12.3 Å². The lowest BCUT2D eigenvalue weighted by Gasteiger charge is -2.10. The first-order valence-corrected chi connectivity index (χ1v) is 10.7. The van der Waals surface area contributed by atoms with Crippen LogP contribution in [0, 0.1) is 0 Å². The third kappa shape index (κ3) is 4.10. The topological polar surface area (TPSA) is 114 Å². The Balaban J connectivity index is 1.65. The highest BCUT2D eigenvalue weighted by atomic mass is 32.1. The molecular formula is C23H19N3O5S. The lowest BCUT2D eigenvalue weighted by molar-refractivity contribution is 0.0471. The fourth-order valence-electron chi connectivity index (χ4n) is 3.14. The Labute approximate surface area is 186 Å². The summed E-state index contributed by atoms with van der Waals surface area (Å²) in [4.78, 5) is 37.8. The molecule has 8 nitrogen and oxygen atoms in total. The van der Waals surface area contributed by atoms with Crippen LogP contribution in [0.2, 0.25) is 0 Å². The molecule has 0 amide bonds. The molecule has 2 heterocycles. The van der Waals surface area contributed by atoms with Gasteiger partial charge in [0.15, 0.2) is 5.69 Å². The summed E-state index contributed by atoms with van der Waals surface area (Å²) in [5, 5.41) is 6.68. The number of carbonyl (C=O) groups excluding carboxylic acids is 2. The molecule has 9 heteroatoms. The van der Waals surface area contributed by atoms with Gasteiger partial charge in [0.1, 0.15) is 6.61 Å². The Hall–Kier alpha value is -3.98. The molecule has 2 aromatic carbocycles. The Morgan fingerprint density at radius 2 is 1.75 bits per heavy atom. The van der Waals surface area contributed by atoms with E-state index in [1.54, 1.807) is 24.4 Å². The Morgan fingerprint density at radius 3 is 2.44 bits per heavy atom. The van der Waals surface area contributed by atoms with Gasteiger partial charge in [0.25, 0.3) is 5.56 Å². The van der Waals surface area contributed by atoms with Gasteiger partial charge in [-0.3, -0.25) is 4.79 Å². The number of nitrogens with zero attached hydrogens (tertiary/aromatic N) is 2. The van der Waals surface area contributed by atoms with E-state index < -0.39 is 17.5 Å². The summed E-state index contributed by atoms with van der Waals surface area (Å²) in [6, 6.07) is 15.5. The van der Waals surface area contributed by atoms with Crippen molar-refractivity contribution in [1.82, 2.24) is 9.78 Å². The average Bonchev–Trinajstić information content (AvgIpc) is 3.21. The summed E-state index contributed by atoms with van der Waals surface area (Å²) in [6.45, 7) is 2.00. The van der Waals surface area contributed by atoms with Crippen LogP contribution in [-0.2, 0) is 16.1 Å². The molecule has 162 valence electrons. The first kappa shape index (κ1) is 21.3. The highest BCUT2D eigenvalue weighted by Gasteiger charge is 2.21. The number of anilines is 1. The summed E-state index contributed by atoms with van der Waals surface area (Å²) >= 11 is 1.15. The summed E-state index contributed by atoms with van der Waals surface area (Å²) in [7, 11) is 0. The van der Waals surface area contributed by atoms with Crippen LogP contribution in [0.3, 0.4) is 0 Å². The molecule has 0 aliphatic carbocycles. The van der Waals surface area contributed by atoms with Crippen LogP contribution in [0.1, 0.15) is 33.3 Å². The third-order valence-corrected chi connectivity index (χ3v) is 5.52. The number of ether oxygens (including phenoxy) is 2. The standard InChI is InChI=1S/C23H19N3O5S/c1-2-30-23(29)19-17-13-32-20(24)18(17)21(27)26(25-19)16-10-8-15(9-11-16)22(28)31-12-14-6-4-3-5-7-14/h3-11,13H,2,12,24H2,1H3. The van der Waals surface area contributed by atoms with Gasteiger partial charge in [0.2, 0.25) is 0 Å². The number of carbonyl (C=O) groups is 2. The second-order valence-electron chi connectivity index (χ2n) is 6.78. The van der Waals surface area contributed by atoms with E-state index in [1.807, 2.05) is 30.3 Å². The van der Waals surface area contributed by atoms with Crippen LogP contribution in [0.15, 0.2) is 64.8 Å². The quantitative estimate of drug-likeness (QED) is 0.448. The molecule has 0 saturated heterocycles. The zero-order chi connectivity index (χ0) is 22.7. The Bertz CT molecular complexity index is 1340. The van der Waals surface area contributed by atoms with Crippen molar-refractivity contribution in [3.05, 3.63) is 87.2 Å². The van der Waals surface area contributed by atoms with E-state index in [1.165, 1.54) is 12.1 Å². The smallest absolute Gasteiger partial charge is 0.359 e. The van der Waals surface area contributed by atoms with Gasteiger partial charge in [-0.2, -0.15) is 9.78 Å². The van der Waals surface area contributed by atoms with Crippen molar-refractivity contribution in [3.8, 4) is 5.69 Å². The van der Waals surface area contributed by atoms with Gasteiger partial charge in [-0.1, -0.05) is 30.3 Å². The van der Waals surface area contributed by atoms with Gasteiger partial charge in [0.05, 0.1) is 28.2 Å². The summed E-state index contributed by atoms with van der Waals surface area (Å²) in [6.07, 6.45) is 0. The van der Waals surface area contributed by atoms with E-state index in [0.29, 0.717) is 16.6 Å². The van der Waals surface area contributed by atoms with Crippen LogP contribution in [0.4, 0.5) is 5.00 Å². The van der Waals surface area contributed by atoms with Gasteiger partial charge in [-0.15, -0.1) is 11.3 Å². The average molecular weight is 449 g/mol. The monoisotopic (exact) mass is 449 g/mol. The van der Waals surface area contributed by atoms with Crippen LogP contribution < -0.4 is 11.3 Å². The molecule has 4 aromatic rings. The maximum absolute atomic E-state index is 13.0. The maximum Gasteiger partial charge on any atom is 0.359 e. The van der Waals surface area contributed by atoms with Gasteiger partial charge in [0, 0.05) is 10.8 Å². The predicted molar refractivity (Wildman–Crippen MR) is 121 cm³/mol. The number of rotatable bonds is 6. The molecule has 0 radical (unpaired) electrons. The Kier molecular flexibility index (Phi) is 6.00. The number of aromatic nitrogens is 2. The van der Waals surface area contributed by atoms with E-state index >= 15 is 0 Å². The molecule has 0 unspecified atom stereocenters. The minimum atomic E-state index is -0.648. The molecule has 0 spiro atoms. The lowest BCUT2D eigenvalue weighted by Crippen LogP contribution is -2.25. The van der Waals surface area contributed by atoms with Gasteiger partial charge in [-0.25, -0.2) is 9.59 Å². The molecule has 32 heavy (non-hydrogen) atoms. The van der Waals surface area contributed by atoms with Crippen molar-refractivity contribution in [2.45, 2.75) is 13.5 Å². The highest BCUT2D eigenvalue weighted by Crippen LogP contribution is 2.27. The number of benzene rings is 2. The number of hydrogen-bond acceptors (Lipinski definition) is 8. The molecule has 0 saturated carbocycles. The van der Waals surface area contributed by atoms with E-state index in [0.717, 1.165) is 21.6 Å². The maximum atomic E-state index is 13.0. The molecule has 0 bridgehead atoms. The molecule has 2 aromatic heterocycles. The van der Waals surface area contributed by atoms with Crippen molar-refractivity contribution in [1.29, 1.82) is 0 Å². The van der Waals surface area contributed by atoms with Gasteiger partial charge in [-0.05, 0) is 36.8 Å². The molecule has 0 fully saturated rings. The number of thiophene rings is 1. The van der Waals surface area contributed by atoms with Gasteiger partial charge < -0.3 is 15.2 Å². The van der Waals surface area contributed by atoms with Crippen LogP contribution in [0.25, 0.3) is 16.5 Å². The number of nitrogen functional groups attached to an aromatic ring is 1. The highest BCUT2D eigenvalue weighted by molar-refractivity contribution is 7.15. The van der Waals surface area contributed by atoms with Crippen molar-refractivity contribution < 1.29 is 19.1 Å². The minimum Gasteiger partial charge on any atom is -0.461 e. The van der Waals surface area contributed by atoms with Crippen LogP contribution in [-0.4, -0.2) is 28.3 Å². The molecule has 0 aliphatic heterocycles. The molecular weight excluding hydrogens is 430 g/mol. The van der Waals surface area contributed by atoms with Crippen LogP contribution >= 0.6 is 11.3 Å². The predicted octanol–water partition coefficient (Wildman–Crippen LogP) is 3.56. The van der Waals surface area contributed by atoms with Gasteiger partial charge >= 0.3 is 11.9 Å². The van der Waals surface area contributed by atoms with E-state index in [2.05, 4.69) is 5.10 Å². The number of esters is 2. The second-order valence-corrected chi connectivity index (χ2v) is 7.69. The fraction of sp³-hybridized carbons (Fsp3) is 0.130. The van der Waals surface area contributed by atoms with Crippen molar-refractivity contribution in [2.24, 2.45) is 0 Å². The zero-order valence-electron chi connectivity index (χ0n) is 17.1. The SMILES string of the molecule is CCOC(=O)c1nn(-c2ccc(C(=O)OCc3ccccc3)cc2)c(=O)c2c(N)scc12. The number of hydrogen-bond donors (Lipinski definition) is 1. The minimum absolute atomic E-state index is 0.000692. The van der Waals surface area contributed by atoms with E-state index in [-0.39, 0.29) is 29.3 Å². The first-order chi connectivity index (χ1) is 15.5. The lowest BCUT2D eigenvalue weighted by atomic mass is 10.2. The van der Waals surface area contributed by atoms with Crippen molar-refractivity contribution >= 4 is 39.0 Å². The molecule has 4 rings (SSSR count). The van der Waals surface area contributed by atoms with E-state index in [9.17, 15) is 14.4 Å². The summed E-state index contributed by atoms with van der Waals surface area (Å²) < 4.78 is 11.5. The zero-order valence-corrected chi connectivity index (χ0v) is 17.9. The number of nitrogens with two attached hydrogens (primary N) is 1. The fourth-order valence-corrected chi connectivity index (χ4v) is 3.93. The van der Waals surface area contributed by atoms with Crippen molar-refractivity contribution in [3.63, 3.8) is 0 Å². The largest absolute Gasteiger partial charge is 0.461 e. The summed E-state index contributed by atoms with van der Waals surface area (Å²) in [5.41, 5.74) is 7.07. The number of fused-ring (bicyclic) bond motifs is 1. The molecule has 2 N–H and O–H groups in total.